The van der Waals surface area contributed by atoms with Gasteiger partial charge in [-0.2, -0.15) is 0 Å². The van der Waals surface area contributed by atoms with Gasteiger partial charge in [-0.1, -0.05) is 0 Å². The van der Waals surface area contributed by atoms with Gasteiger partial charge in [0.1, 0.15) is 0 Å². The first-order valence-electron chi connectivity index (χ1n) is 2.35. The molecule has 8 nitrogen and oxygen atoms in total. The molecule has 0 radical (unpaired) electrons. The second-order valence-corrected chi connectivity index (χ2v) is 6.63. The summed E-state index contributed by atoms with van der Waals surface area (Å²) in [5.41, 5.74) is 0. The van der Waals surface area contributed by atoms with Crippen molar-refractivity contribution >= 4 is 23.4 Å². The van der Waals surface area contributed by atoms with Gasteiger partial charge in [-0.3, -0.25) is 9.13 Å². The van der Waals surface area contributed by atoms with E-state index >= 15 is 0 Å². The summed E-state index contributed by atoms with van der Waals surface area (Å²) in [5.74, 6) is -1.47. The maximum atomic E-state index is 10.5. The molecule has 0 aliphatic rings. The van der Waals surface area contributed by atoms with Crippen LogP contribution in [-0.2, 0) is 18.0 Å². The molecule has 0 saturated heterocycles. The molecule has 0 rings (SSSR count). The monoisotopic (exact) mass is 239 g/mol. The van der Waals surface area contributed by atoms with Gasteiger partial charge >= 0.3 is 23.4 Å². The van der Waals surface area contributed by atoms with Crippen LogP contribution in [-0.4, -0.2) is 25.5 Å². The molecule has 0 aliphatic heterocycles. The molecule has 0 spiro atoms. The lowest BCUT2D eigenvalue weighted by molar-refractivity contribution is 0.345. The third-order valence-corrected chi connectivity index (χ3v) is 5.04. The molecular formula is CH6O8P3+. The van der Waals surface area contributed by atoms with Crippen LogP contribution in [0.5, 0.6) is 0 Å². The van der Waals surface area contributed by atoms with Gasteiger partial charge in [0.05, 0.1) is 0 Å². The lowest BCUT2D eigenvalue weighted by Gasteiger charge is -2.04. The maximum absolute atomic E-state index is 10.5. The Bertz CT molecular complexity index is 261. The van der Waals surface area contributed by atoms with E-state index in [1.54, 1.807) is 0 Å². The maximum Gasteiger partial charge on any atom is 0.703 e. The van der Waals surface area contributed by atoms with Crippen LogP contribution >= 0.6 is 23.4 Å². The van der Waals surface area contributed by atoms with E-state index in [0.717, 1.165) is 0 Å². The van der Waals surface area contributed by atoms with Crippen molar-refractivity contribution in [1.29, 1.82) is 0 Å². The summed E-state index contributed by atoms with van der Waals surface area (Å²) < 4.78 is 34.0. The molecule has 0 heterocycles. The lowest BCUT2D eigenvalue weighted by Crippen LogP contribution is -1.90. The molecule has 12 heavy (non-hydrogen) atoms. The van der Waals surface area contributed by atoms with Gasteiger partial charge in [-0.15, -0.1) is 4.89 Å². The SMILES string of the molecule is O=[P+](O)OP(=O)(O)CP(=O)(O)O. The summed E-state index contributed by atoms with van der Waals surface area (Å²) in [4.78, 5) is 32.9. The first kappa shape index (κ1) is 12.4. The standard InChI is InChI=1S/CH5O8P3/c2-10(3)9-12(7,8)1-11(4,5)6/h1H2,(H3-,2,3,4,5,6,7,8)/p+1. The van der Waals surface area contributed by atoms with Gasteiger partial charge in [0.15, 0.2) is 5.90 Å². The van der Waals surface area contributed by atoms with Gasteiger partial charge in [-0.25, -0.2) is 0 Å². The van der Waals surface area contributed by atoms with E-state index in [2.05, 4.69) is 4.31 Å². The van der Waals surface area contributed by atoms with Crippen LogP contribution in [0.1, 0.15) is 0 Å². The number of hydrogen-bond acceptors (Lipinski definition) is 4. The molecule has 0 bridgehead atoms. The summed E-state index contributed by atoms with van der Waals surface area (Å²) in [7, 11) is -12.7. The largest absolute Gasteiger partial charge is 0.703 e. The minimum atomic E-state index is -4.72. The smallest absolute Gasteiger partial charge is 0.324 e. The van der Waals surface area contributed by atoms with Gasteiger partial charge < -0.3 is 14.7 Å². The first-order chi connectivity index (χ1) is 5.12. The van der Waals surface area contributed by atoms with Crippen molar-refractivity contribution < 1.29 is 37.6 Å². The zero-order valence-corrected chi connectivity index (χ0v) is 8.15. The van der Waals surface area contributed by atoms with Crippen molar-refractivity contribution in [1.82, 2.24) is 0 Å². The molecule has 72 valence electrons. The van der Waals surface area contributed by atoms with Crippen LogP contribution in [0.2, 0.25) is 0 Å². The molecule has 0 aromatic rings. The Kier molecular flexibility index (Phi) is 4.17. The molecule has 0 amide bonds. The molecular weight excluding hydrogens is 233 g/mol. The predicted molar refractivity (Wildman–Crippen MR) is 37.6 cm³/mol. The predicted octanol–water partition coefficient (Wildman–Crippen LogP) is -0.0267. The van der Waals surface area contributed by atoms with Crippen LogP contribution < -0.4 is 0 Å². The summed E-state index contributed by atoms with van der Waals surface area (Å²) in [5, 5.41) is 0. The van der Waals surface area contributed by atoms with Crippen molar-refractivity contribution in [2.24, 2.45) is 0 Å². The minimum absolute atomic E-state index is 1.47. The van der Waals surface area contributed by atoms with Crippen molar-refractivity contribution in [3.63, 3.8) is 0 Å². The van der Waals surface area contributed by atoms with E-state index in [4.69, 9.17) is 19.6 Å². The molecule has 2 unspecified atom stereocenters. The van der Waals surface area contributed by atoms with Crippen LogP contribution in [0.25, 0.3) is 0 Å². The third kappa shape index (κ3) is 7.03. The molecule has 0 aromatic heterocycles. The van der Waals surface area contributed by atoms with E-state index in [1.807, 2.05) is 0 Å². The zero-order chi connectivity index (χ0) is 9.99. The Morgan fingerprint density at radius 1 is 1.25 bits per heavy atom. The molecule has 0 aliphatic carbocycles. The Morgan fingerprint density at radius 2 is 1.67 bits per heavy atom. The van der Waals surface area contributed by atoms with Crippen molar-refractivity contribution in [2.45, 2.75) is 0 Å². The molecule has 11 heteroatoms. The van der Waals surface area contributed by atoms with Gasteiger partial charge in [0, 0.05) is 4.57 Å². The van der Waals surface area contributed by atoms with Crippen molar-refractivity contribution in [3.8, 4) is 0 Å². The summed E-state index contributed by atoms with van der Waals surface area (Å²) in [6, 6.07) is 0. The fraction of sp³-hybridized carbons (Fsp3) is 1.00. The van der Waals surface area contributed by atoms with E-state index in [9.17, 15) is 13.7 Å². The minimum Gasteiger partial charge on any atom is -0.324 e. The van der Waals surface area contributed by atoms with Gasteiger partial charge in [0.25, 0.3) is 0 Å². The van der Waals surface area contributed by atoms with Crippen molar-refractivity contribution in [3.05, 3.63) is 0 Å². The Morgan fingerprint density at radius 3 is 1.92 bits per heavy atom. The molecule has 0 aromatic carbocycles. The Labute approximate surface area is 67.8 Å². The Balaban J connectivity index is 4.35. The number of rotatable bonds is 4. The Hall–Kier alpha value is 0.360. The zero-order valence-electron chi connectivity index (χ0n) is 5.47. The van der Waals surface area contributed by atoms with Crippen LogP contribution in [0.15, 0.2) is 0 Å². The van der Waals surface area contributed by atoms with Crippen LogP contribution in [0.4, 0.5) is 0 Å². The molecule has 0 saturated carbocycles. The van der Waals surface area contributed by atoms with Gasteiger partial charge in [-0.05, 0) is 4.31 Å². The molecule has 4 N–H and O–H groups in total. The van der Waals surface area contributed by atoms with E-state index in [0.29, 0.717) is 0 Å². The summed E-state index contributed by atoms with van der Waals surface area (Å²) in [6.45, 7) is 0. The fourth-order valence-corrected chi connectivity index (χ4v) is 3.77. The highest BCUT2D eigenvalue weighted by Gasteiger charge is 2.39. The van der Waals surface area contributed by atoms with E-state index < -0.39 is 29.3 Å². The highest BCUT2D eigenvalue weighted by molar-refractivity contribution is 7.72. The quantitative estimate of drug-likeness (QED) is 0.501. The summed E-state index contributed by atoms with van der Waals surface area (Å²) >= 11 is 0. The average Bonchev–Trinajstić information content (AvgIpc) is 1.48. The molecule has 2 atom stereocenters. The normalized spacial score (nSPS) is 18.5. The highest BCUT2D eigenvalue weighted by Crippen LogP contribution is 2.59. The summed E-state index contributed by atoms with van der Waals surface area (Å²) in [6.07, 6.45) is 0. The lowest BCUT2D eigenvalue weighted by atomic mass is 11.9. The fourth-order valence-electron chi connectivity index (χ4n) is 0.368. The van der Waals surface area contributed by atoms with Crippen molar-refractivity contribution in [2.75, 3.05) is 5.90 Å². The topological polar surface area (TPSA) is 141 Å². The number of hydrogen-bond donors (Lipinski definition) is 4. The van der Waals surface area contributed by atoms with Crippen LogP contribution in [0, 0.1) is 0 Å². The third-order valence-electron chi connectivity index (χ3n) is 0.560. The van der Waals surface area contributed by atoms with Crippen LogP contribution in [0.3, 0.4) is 0 Å². The van der Waals surface area contributed by atoms with E-state index in [-0.39, 0.29) is 0 Å². The average molecular weight is 239 g/mol. The van der Waals surface area contributed by atoms with E-state index in [1.165, 1.54) is 0 Å². The molecule has 0 fully saturated rings. The first-order valence-corrected chi connectivity index (χ1v) is 7.04. The second-order valence-electron chi connectivity index (χ2n) is 1.76. The highest BCUT2D eigenvalue weighted by atomic mass is 31.3. The van der Waals surface area contributed by atoms with Gasteiger partial charge in [0.2, 0.25) is 0 Å². The second kappa shape index (κ2) is 4.05.